The van der Waals surface area contributed by atoms with Crippen molar-refractivity contribution in [1.29, 1.82) is 0 Å². The molecule has 0 aromatic heterocycles. The van der Waals surface area contributed by atoms with Crippen LogP contribution in [0.25, 0.3) is 0 Å². The minimum atomic E-state index is -0.444. The average molecular weight is 322 g/mol. The summed E-state index contributed by atoms with van der Waals surface area (Å²) in [5.41, 5.74) is 1.01. The molecule has 1 unspecified atom stereocenters. The summed E-state index contributed by atoms with van der Waals surface area (Å²) in [5, 5.41) is 10.2. The first-order chi connectivity index (χ1) is 11.1. The Labute approximate surface area is 139 Å². The van der Waals surface area contributed by atoms with Crippen LogP contribution in [0.15, 0.2) is 24.3 Å². The van der Waals surface area contributed by atoms with E-state index < -0.39 is 6.10 Å². The molecule has 1 aromatic carbocycles. The van der Waals surface area contributed by atoms with Gasteiger partial charge in [0.25, 0.3) is 0 Å². The fraction of sp³-hybridized carbons (Fsp3) is 0.667. The van der Waals surface area contributed by atoms with Crippen LogP contribution in [0, 0.1) is 0 Å². The fourth-order valence-electron chi connectivity index (χ4n) is 3.10. The van der Waals surface area contributed by atoms with E-state index in [0.717, 1.165) is 24.4 Å². The summed E-state index contributed by atoms with van der Waals surface area (Å²) in [6.45, 7) is 3.60. The second-order valence-electron chi connectivity index (χ2n) is 6.48. The number of ether oxygens (including phenoxy) is 2. The van der Waals surface area contributed by atoms with Crippen LogP contribution in [-0.2, 0) is 11.3 Å². The fourth-order valence-corrected chi connectivity index (χ4v) is 3.10. The number of aliphatic hydroxyl groups excluding tert-OH is 1. The molecular formula is C18H30N2O3. The molecule has 1 fully saturated rings. The van der Waals surface area contributed by atoms with Gasteiger partial charge in [-0.25, -0.2) is 0 Å². The van der Waals surface area contributed by atoms with Gasteiger partial charge in [-0.3, -0.25) is 0 Å². The lowest BCUT2D eigenvalue weighted by Gasteiger charge is -2.35. The normalized spacial score (nSPS) is 18.3. The first-order valence-corrected chi connectivity index (χ1v) is 8.36. The van der Waals surface area contributed by atoms with Crippen LogP contribution in [0.5, 0.6) is 5.75 Å². The van der Waals surface area contributed by atoms with Gasteiger partial charge in [-0.15, -0.1) is 0 Å². The van der Waals surface area contributed by atoms with Crippen molar-refractivity contribution in [2.24, 2.45) is 0 Å². The van der Waals surface area contributed by atoms with E-state index in [1.807, 2.05) is 24.3 Å². The standard InChI is InChI=1S/C18H30N2O3/c1-19(2)16-8-10-20(11-9-16)12-17(21)14-23-13-15-6-4-5-7-18(15)22-3/h4-7,16-17,21H,8-14H2,1-3H3. The summed E-state index contributed by atoms with van der Waals surface area (Å²) < 4.78 is 11.0. The van der Waals surface area contributed by atoms with Gasteiger partial charge in [-0.05, 0) is 46.1 Å². The summed E-state index contributed by atoms with van der Waals surface area (Å²) in [6, 6.07) is 8.48. The molecule has 1 aromatic rings. The Balaban J connectivity index is 1.67. The molecule has 0 amide bonds. The number of hydrogen-bond acceptors (Lipinski definition) is 5. The Morgan fingerprint density at radius 2 is 1.96 bits per heavy atom. The van der Waals surface area contributed by atoms with Crippen molar-refractivity contribution in [1.82, 2.24) is 9.80 Å². The highest BCUT2D eigenvalue weighted by Crippen LogP contribution is 2.18. The highest BCUT2D eigenvalue weighted by Gasteiger charge is 2.22. The van der Waals surface area contributed by atoms with Gasteiger partial charge in [0.05, 0.1) is 26.4 Å². The zero-order valence-corrected chi connectivity index (χ0v) is 14.6. The van der Waals surface area contributed by atoms with E-state index in [1.165, 1.54) is 12.8 Å². The zero-order valence-electron chi connectivity index (χ0n) is 14.6. The number of para-hydroxylation sites is 1. The maximum absolute atomic E-state index is 10.2. The highest BCUT2D eigenvalue weighted by molar-refractivity contribution is 5.32. The molecule has 0 bridgehead atoms. The van der Waals surface area contributed by atoms with Crippen molar-refractivity contribution in [2.45, 2.75) is 31.6 Å². The van der Waals surface area contributed by atoms with Crippen molar-refractivity contribution < 1.29 is 14.6 Å². The van der Waals surface area contributed by atoms with E-state index in [2.05, 4.69) is 23.9 Å². The Bertz CT molecular complexity index is 459. The minimum Gasteiger partial charge on any atom is -0.496 e. The maximum Gasteiger partial charge on any atom is 0.124 e. The number of aliphatic hydroxyl groups is 1. The molecule has 23 heavy (non-hydrogen) atoms. The third-order valence-electron chi connectivity index (χ3n) is 4.52. The monoisotopic (exact) mass is 322 g/mol. The average Bonchev–Trinajstić information content (AvgIpc) is 2.55. The lowest BCUT2D eigenvalue weighted by Crippen LogP contribution is -2.45. The summed E-state index contributed by atoms with van der Waals surface area (Å²) in [6.07, 6.45) is 1.89. The third kappa shape index (κ3) is 5.77. The Hall–Kier alpha value is -1.14. The highest BCUT2D eigenvalue weighted by atomic mass is 16.5. The summed E-state index contributed by atoms with van der Waals surface area (Å²) in [7, 11) is 5.94. The molecule has 2 rings (SSSR count). The van der Waals surface area contributed by atoms with Gasteiger partial charge in [0.2, 0.25) is 0 Å². The molecule has 0 aliphatic carbocycles. The van der Waals surface area contributed by atoms with Gasteiger partial charge in [0.1, 0.15) is 5.75 Å². The van der Waals surface area contributed by atoms with Crippen molar-refractivity contribution in [3.05, 3.63) is 29.8 Å². The number of piperidine rings is 1. The number of methoxy groups -OCH3 is 1. The van der Waals surface area contributed by atoms with E-state index in [-0.39, 0.29) is 0 Å². The molecule has 1 heterocycles. The first-order valence-electron chi connectivity index (χ1n) is 8.36. The number of likely N-dealkylation sites (tertiary alicyclic amines) is 1. The second kappa shape index (κ2) is 9.23. The Morgan fingerprint density at radius 3 is 2.61 bits per heavy atom. The van der Waals surface area contributed by atoms with Gasteiger partial charge >= 0.3 is 0 Å². The van der Waals surface area contributed by atoms with Crippen molar-refractivity contribution in [3.8, 4) is 5.75 Å². The van der Waals surface area contributed by atoms with Crippen LogP contribution in [0.4, 0.5) is 0 Å². The van der Waals surface area contributed by atoms with Gasteiger partial charge in [0.15, 0.2) is 0 Å². The van der Waals surface area contributed by atoms with Crippen LogP contribution >= 0.6 is 0 Å². The maximum atomic E-state index is 10.2. The lowest BCUT2D eigenvalue weighted by molar-refractivity contribution is 0.00280. The van der Waals surface area contributed by atoms with Gasteiger partial charge in [0, 0.05) is 18.2 Å². The van der Waals surface area contributed by atoms with Crippen LogP contribution in [-0.4, -0.2) is 74.5 Å². The molecule has 0 saturated carbocycles. The topological polar surface area (TPSA) is 45.2 Å². The Morgan fingerprint density at radius 1 is 1.26 bits per heavy atom. The van der Waals surface area contributed by atoms with Crippen LogP contribution in [0.1, 0.15) is 18.4 Å². The van der Waals surface area contributed by atoms with Crippen LogP contribution < -0.4 is 4.74 Å². The van der Waals surface area contributed by atoms with Crippen molar-refractivity contribution in [2.75, 3.05) is 47.4 Å². The van der Waals surface area contributed by atoms with Crippen LogP contribution in [0.2, 0.25) is 0 Å². The van der Waals surface area contributed by atoms with Gasteiger partial charge in [-0.1, -0.05) is 18.2 Å². The first kappa shape index (κ1) is 18.2. The van der Waals surface area contributed by atoms with Crippen LogP contribution in [0.3, 0.4) is 0 Å². The molecule has 5 nitrogen and oxygen atoms in total. The number of nitrogens with zero attached hydrogens (tertiary/aromatic N) is 2. The number of benzene rings is 1. The van der Waals surface area contributed by atoms with Gasteiger partial charge < -0.3 is 24.4 Å². The predicted octanol–water partition coefficient (Wildman–Crippen LogP) is 1.60. The number of β-amino-alcohol motifs (C(OH)–C–C–N with tert-alkyl or cyclic N) is 1. The summed E-state index contributed by atoms with van der Waals surface area (Å²) in [4.78, 5) is 4.63. The van der Waals surface area contributed by atoms with E-state index in [9.17, 15) is 5.11 Å². The zero-order chi connectivity index (χ0) is 16.7. The van der Waals surface area contributed by atoms with Crippen molar-refractivity contribution >= 4 is 0 Å². The largest absolute Gasteiger partial charge is 0.496 e. The minimum absolute atomic E-state index is 0.353. The smallest absolute Gasteiger partial charge is 0.124 e. The molecule has 5 heteroatoms. The molecule has 130 valence electrons. The number of rotatable bonds is 8. The third-order valence-corrected chi connectivity index (χ3v) is 4.52. The van der Waals surface area contributed by atoms with Crippen molar-refractivity contribution in [3.63, 3.8) is 0 Å². The Kier molecular flexibility index (Phi) is 7.30. The second-order valence-corrected chi connectivity index (χ2v) is 6.48. The SMILES string of the molecule is COc1ccccc1COCC(O)CN1CCC(N(C)C)CC1. The lowest BCUT2D eigenvalue weighted by atomic mass is 10.0. The molecule has 0 spiro atoms. The van der Waals surface area contributed by atoms with E-state index in [1.54, 1.807) is 7.11 Å². The summed E-state index contributed by atoms with van der Waals surface area (Å²) in [5.74, 6) is 0.827. The summed E-state index contributed by atoms with van der Waals surface area (Å²) >= 11 is 0. The number of hydrogen-bond donors (Lipinski definition) is 1. The molecular weight excluding hydrogens is 292 g/mol. The quantitative estimate of drug-likeness (QED) is 0.788. The van der Waals surface area contributed by atoms with Gasteiger partial charge in [-0.2, -0.15) is 0 Å². The molecule has 1 saturated heterocycles. The van der Waals surface area contributed by atoms with E-state index in [4.69, 9.17) is 9.47 Å². The molecule has 1 aliphatic heterocycles. The van der Waals surface area contributed by atoms with E-state index in [0.29, 0.717) is 25.8 Å². The predicted molar refractivity (Wildman–Crippen MR) is 91.8 cm³/mol. The molecule has 1 aliphatic rings. The van der Waals surface area contributed by atoms with E-state index >= 15 is 0 Å². The molecule has 0 radical (unpaired) electrons. The molecule has 1 N–H and O–H groups in total. The molecule has 1 atom stereocenters.